The summed E-state index contributed by atoms with van der Waals surface area (Å²) in [5, 5.41) is 3.84. The van der Waals surface area contributed by atoms with Gasteiger partial charge >= 0.3 is 0 Å². The molecule has 1 N–H and O–H groups in total. The molecule has 22 heavy (non-hydrogen) atoms. The van der Waals surface area contributed by atoms with Crippen molar-refractivity contribution < 1.29 is 4.74 Å². The molecule has 1 aromatic carbocycles. The molecule has 1 saturated carbocycles. The zero-order chi connectivity index (χ0) is 15.4. The molecule has 1 aliphatic heterocycles. The zero-order valence-corrected chi connectivity index (χ0v) is 14.1. The van der Waals surface area contributed by atoms with E-state index in [0.717, 1.165) is 24.3 Å². The molecule has 2 fully saturated rings. The van der Waals surface area contributed by atoms with Crippen molar-refractivity contribution >= 4 is 0 Å². The molecule has 3 rings (SSSR count). The normalized spacial score (nSPS) is 21.7. The molecule has 0 bridgehead atoms. The molecule has 0 spiro atoms. The third-order valence-electron chi connectivity index (χ3n) is 5.14. The molecule has 1 heterocycles. The summed E-state index contributed by atoms with van der Waals surface area (Å²) in [6.07, 6.45) is 7.87. The quantitative estimate of drug-likeness (QED) is 0.837. The van der Waals surface area contributed by atoms with Crippen LogP contribution in [0.2, 0.25) is 0 Å². The first-order valence-electron chi connectivity index (χ1n) is 8.87. The van der Waals surface area contributed by atoms with Gasteiger partial charge in [0.25, 0.3) is 0 Å². The zero-order valence-electron chi connectivity index (χ0n) is 14.1. The molecule has 1 aliphatic carbocycles. The van der Waals surface area contributed by atoms with E-state index in [0.29, 0.717) is 6.04 Å². The molecule has 1 atom stereocenters. The van der Waals surface area contributed by atoms with E-state index in [9.17, 15) is 0 Å². The number of hydrogen-bond acceptors (Lipinski definition) is 3. The monoisotopic (exact) mass is 302 g/mol. The Kier molecular flexibility index (Phi) is 5.37. The number of nitrogens with zero attached hydrogens (tertiary/aromatic N) is 1. The van der Waals surface area contributed by atoms with Crippen molar-refractivity contribution in [2.24, 2.45) is 0 Å². The first-order valence-corrected chi connectivity index (χ1v) is 8.87. The average Bonchev–Trinajstić information content (AvgIpc) is 3.39. The maximum absolute atomic E-state index is 5.21. The molecule has 1 saturated heterocycles. The largest absolute Gasteiger partial charge is 0.497 e. The van der Waals surface area contributed by atoms with Gasteiger partial charge in [-0.2, -0.15) is 0 Å². The lowest BCUT2D eigenvalue weighted by atomic mass is 10.0. The average molecular weight is 302 g/mol. The minimum Gasteiger partial charge on any atom is -0.497 e. The first kappa shape index (κ1) is 15.8. The lowest BCUT2D eigenvalue weighted by Crippen LogP contribution is -2.46. The van der Waals surface area contributed by atoms with Crippen molar-refractivity contribution in [3.63, 3.8) is 0 Å². The summed E-state index contributed by atoms with van der Waals surface area (Å²) < 4.78 is 5.21. The van der Waals surface area contributed by atoms with Gasteiger partial charge in [-0.05, 0) is 76.2 Å². The predicted molar refractivity (Wildman–Crippen MR) is 91.5 cm³/mol. The Morgan fingerprint density at radius 2 is 1.82 bits per heavy atom. The SMILES string of the molecule is COc1ccc(CCC(C)NC2CCN(C3CC3)CC2)cc1. The Bertz CT molecular complexity index is 447. The fourth-order valence-corrected chi connectivity index (χ4v) is 3.53. The summed E-state index contributed by atoms with van der Waals surface area (Å²) in [5.41, 5.74) is 1.40. The van der Waals surface area contributed by atoms with Crippen LogP contribution in [0.3, 0.4) is 0 Å². The smallest absolute Gasteiger partial charge is 0.118 e. The fraction of sp³-hybridized carbons (Fsp3) is 0.684. The van der Waals surface area contributed by atoms with Crippen LogP contribution < -0.4 is 10.1 Å². The Morgan fingerprint density at radius 1 is 1.14 bits per heavy atom. The van der Waals surface area contributed by atoms with Crippen LogP contribution in [0.25, 0.3) is 0 Å². The maximum Gasteiger partial charge on any atom is 0.118 e. The molecule has 1 unspecified atom stereocenters. The second kappa shape index (κ2) is 7.47. The predicted octanol–water partition coefficient (Wildman–Crippen LogP) is 3.23. The number of benzene rings is 1. The third kappa shape index (κ3) is 4.47. The number of likely N-dealkylation sites (tertiary alicyclic amines) is 1. The van der Waals surface area contributed by atoms with E-state index in [-0.39, 0.29) is 0 Å². The van der Waals surface area contributed by atoms with Crippen molar-refractivity contribution in [1.82, 2.24) is 10.2 Å². The maximum atomic E-state index is 5.21. The van der Waals surface area contributed by atoms with E-state index in [1.54, 1.807) is 7.11 Å². The number of piperidine rings is 1. The van der Waals surface area contributed by atoms with Crippen LogP contribution in [0, 0.1) is 0 Å². The summed E-state index contributed by atoms with van der Waals surface area (Å²) in [6, 6.07) is 10.7. The molecule has 3 nitrogen and oxygen atoms in total. The number of ether oxygens (including phenoxy) is 1. The van der Waals surface area contributed by atoms with Crippen LogP contribution >= 0.6 is 0 Å². The van der Waals surface area contributed by atoms with Gasteiger partial charge in [-0.1, -0.05) is 12.1 Å². The van der Waals surface area contributed by atoms with Gasteiger partial charge in [0.05, 0.1) is 7.11 Å². The van der Waals surface area contributed by atoms with E-state index in [1.807, 2.05) is 0 Å². The summed E-state index contributed by atoms with van der Waals surface area (Å²) in [4.78, 5) is 2.69. The highest BCUT2D eigenvalue weighted by molar-refractivity contribution is 5.27. The Labute approximate surface area is 135 Å². The van der Waals surface area contributed by atoms with Crippen LogP contribution in [0.5, 0.6) is 5.75 Å². The molecule has 122 valence electrons. The van der Waals surface area contributed by atoms with Gasteiger partial charge in [-0.3, -0.25) is 0 Å². The molecule has 2 aliphatic rings. The number of hydrogen-bond donors (Lipinski definition) is 1. The van der Waals surface area contributed by atoms with E-state index in [4.69, 9.17) is 4.74 Å². The van der Waals surface area contributed by atoms with Crippen molar-refractivity contribution in [2.45, 2.75) is 63.6 Å². The molecule has 0 radical (unpaired) electrons. The van der Waals surface area contributed by atoms with Gasteiger partial charge in [0.2, 0.25) is 0 Å². The van der Waals surface area contributed by atoms with Gasteiger partial charge in [0.1, 0.15) is 5.75 Å². The highest BCUT2D eigenvalue weighted by Gasteiger charge is 2.31. The second-order valence-electron chi connectivity index (χ2n) is 7.00. The number of aryl methyl sites for hydroxylation is 1. The van der Waals surface area contributed by atoms with Crippen molar-refractivity contribution in [2.75, 3.05) is 20.2 Å². The summed E-state index contributed by atoms with van der Waals surface area (Å²) in [6.45, 7) is 4.93. The summed E-state index contributed by atoms with van der Waals surface area (Å²) in [7, 11) is 1.72. The van der Waals surface area contributed by atoms with Crippen LogP contribution in [-0.2, 0) is 6.42 Å². The van der Waals surface area contributed by atoms with Gasteiger partial charge in [0.15, 0.2) is 0 Å². The van der Waals surface area contributed by atoms with Crippen LogP contribution in [0.15, 0.2) is 24.3 Å². The minimum absolute atomic E-state index is 0.597. The molecule has 3 heteroatoms. The highest BCUT2D eigenvalue weighted by Crippen LogP contribution is 2.29. The van der Waals surface area contributed by atoms with E-state index < -0.39 is 0 Å². The fourth-order valence-electron chi connectivity index (χ4n) is 3.53. The van der Waals surface area contributed by atoms with Gasteiger partial charge in [0, 0.05) is 18.1 Å². The first-order chi connectivity index (χ1) is 10.7. The van der Waals surface area contributed by atoms with Gasteiger partial charge in [-0.15, -0.1) is 0 Å². The van der Waals surface area contributed by atoms with Crippen LogP contribution in [0.4, 0.5) is 0 Å². The minimum atomic E-state index is 0.597. The van der Waals surface area contributed by atoms with Crippen molar-refractivity contribution in [1.29, 1.82) is 0 Å². The lowest BCUT2D eigenvalue weighted by Gasteiger charge is -2.34. The highest BCUT2D eigenvalue weighted by atomic mass is 16.5. The molecule has 0 aromatic heterocycles. The van der Waals surface area contributed by atoms with Gasteiger partial charge < -0.3 is 15.0 Å². The van der Waals surface area contributed by atoms with Crippen LogP contribution in [-0.4, -0.2) is 43.2 Å². The molecular formula is C19H30N2O. The third-order valence-corrected chi connectivity index (χ3v) is 5.14. The van der Waals surface area contributed by atoms with Crippen LogP contribution in [0.1, 0.15) is 44.6 Å². The summed E-state index contributed by atoms with van der Waals surface area (Å²) in [5.74, 6) is 0.942. The van der Waals surface area contributed by atoms with E-state index >= 15 is 0 Å². The van der Waals surface area contributed by atoms with Crippen molar-refractivity contribution in [3.05, 3.63) is 29.8 Å². The molecule has 1 aromatic rings. The summed E-state index contributed by atoms with van der Waals surface area (Å²) >= 11 is 0. The Hall–Kier alpha value is -1.06. The number of rotatable bonds is 7. The molecule has 0 amide bonds. The topological polar surface area (TPSA) is 24.5 Å². The standard InChI is InChI=1S/C19H30N2O/c1-15(3-4-16-5-9-19(22-2)10-6-16)20-17-11-13-21(14-12-17)18-7-8-18/h5-6,9-10,15,17-18,20H,3-4,7-8,11-14H2,1-2H3. The molecular weight excluding hydrogens is 272 g/mol. The number of methoxy groups -OCH3 is 1. The van der Waals surface area contributed by atoms with Gasteiger partial charge in [-0.25, -0.2) is 0 Å². The van der Waals surface area contributed by atoms with E-state index in [1.165, 1.54) is 50.8 Å². The Morgan fingerprint density at radius 3 is 2.41 bits per heavy atom. The van der Waals surface area contributed by atoms with Crippen molar-refractivity contribution in [3.8, 4) is 5.75 Å². The Balaban J connectivity index is 1.36. The second-order valence-corrected chi connectivity index (χ2v) is 7.00. The number of nitrogens with one attached hydrogen (secondary N) is 1. The van der Waals surface area contributed by atoms with E-state index in [2.05, 4.69) is 41.4 Å². The lowest BCUT2D eigenvalue weighted by molar-refractivity contribution is 0.183.